The molecule has 1 amide bonds. The number of carbonyl (C=O) groups excluding carboxylic acids is 1. The lowest BCUT2D eigenvalue weighted by Crippen LogP contribution is -3.10. The number of benzene rings is 2. The Kier molecular flexibility index (Phi) is 6.44. The van der Waals surface area contributed by atoms with Crippen molar-refractivity contribution in [2.45, 2.75) is 6.92 Å². The van der Waals surface area contributed by atoms with Crippen molar-refractivity contribution in [1.82, 2.24) is 0 Å². The summed E-state index contributed by atoms with van der Waals surface area (Å²) in [6, 6.07) is 15.0. The maximum Gasteiger partial charge on any atom is 0.279 e. The number of aryl methyl sites for hydroxylation is 1. The van der Waals surface area contributed by atoms with Crippen LogP contribution in [0.25, 0.3) is 0 Å². The quantitative estimate of drug-likeness (QED) is 0.815. The molecule has 122 valence electrons. The van der Waals surface area contributed by atoms with Gasteiger partial charge in [0, 0.05) is 10.7 Å². The topological polar surface area (TPSA) is 42.8 Å². The maximum atomic E-state index is 12.0. The van der Waals surface area contributed by atoms with E-state index in [1.165, 1.54) is 5.56 Å². The average molecular weight is 334 g/mol. The molecule has 0 bridgehead atoms. The lowest BCUT2D eigenvalue weighted by Gasteiger charge is -2.14. The molecular formula is C18H22ClN2O2+. The largest absolute Gasteiger partial charge is 0.488 e. The molecule has 2 aromatic carbocycles. The third-order valence-corrected chi connectivity index (χ3v) is 3.63. The fourth-order valence-corrected chi connectivity index (χ4v) is 2.28. The van der Waals surface area contributed by atoms with Crippen molar-refractivity contribution in [2.75, 3.05) is 32.1 Å². The molecular weight excluding hydrogens is 312 g/mol. The van der Waals surface area contributed by atoms with Crippen LogP contribution in [0.5, 0.6) is 5.75 Å². The number of quaternary nitrogens is 1. The number of nitrogens with one attached hydrogen (secondary N) is 2. The zero-order valence-corrected chi connectivity index (χ0v) is 14.2. The van der Waals surface area contributed by atoms with E-state index in [9.17, 15) is 4.79 Å². The minimum absolute atomic E-state index is 0.0274. The van der Waals surface area contributed by atoms with Gasteiger partial charge in [-0.15, -0.1) is 0 Å². The zero-order valence-electron chi connectivity index (χ0n) is 13.4. The summed E-state index contributed by atoms with van der Waals surface area (Å²) < 4.78 is 5.70. The third-order valence-electron chi connectivity index (χ3n) is 3.38. The van der Waals surface area contributed by atoms with Crippen LogP contribution in [-0.4, -0.2) is 32.7 Å². The second-order valence-corrected chi connectivity index (χ2v) is 6.04. The van der Waals surface area contributed by atoms with Gasteiger partial charge in [0.2, 0.25) is 0 Å². The van der Waals surface area contributed by atoms with E-state index >= 15 is 0 Å². The van der Waals surface area contributed by atoms with Crippen LogP contribution in [0.2, 0.25) is 5.02 Å². The summed E-state index contributed by atoms with van der Waals surface area (Å²) in [5, 5.41) is 3.51. The highest BCUT2D eigenvalue weighted by atomic mass is 35.5. The predicted octanol–water partition coefficient (Wildman–Crippen LogP) is 2.18. The number of rotatable bonds is 7. The number of ether oxygens (including phenoxy) is 1. The summed E-state index contributed by atoms with van der Waals surface area (Å²) in [7, 11) is 1.97. The highest BCUT2D eigenvalue weighted by Gasteiger charge is 2.10. The van der Waals surface area contributed by atoms with Crippen molar-refractivity contribution >= 4 is 23.2 Å². The molecule has 0 radical (unpaired) electrons. The molecule has 0 aliphatic heterocycles. The van der Waals surface area contributed by atoms with Crippen LogP contribution in [-0.2, 0) is 4.79 Å². The number of amides is 1. The van der Waals surface area contributed by atoms with Gasteiger partial charge in [-0.1, -0.05) is 23.7 Å². The Morgan fingerprint density at radius 1 is 1.22 bits per heavy atom. The minimum atomic E-state index is -0.0274. The summed E-state index contributed by atoms with van der Waals surface area (Å²) in [4.78, 5) is 13.1. The summed E-state index contributed by atoms with van der Waals surface area (Å²) in [5.74, 6) is 0.837. The van der Waals surface area contributed by atoms with Gasteiger partial charge in [0.1, 0.15) is 18.9 Å². The first kappa shape index (κ1) is 17.3. The van der Waals surface area contributed by atoms with Crippen molar-refractivity contribution in [3.63, 3.8) is 0 Å². The first-order chi connectivity index (χ1) is 11.0. The lowest BCUT2D eigenvalue weighted by atomic mass is 10.2. The standard InChI is InChI=1S/C18H21ClN2O2/c1-14-4-3-5-17(12-14)23-11-10-21(2)13-18(22)20-16-8-6-15(19)7-9-16/h3-9,12H,10-11,13H2,1-2H3,(H,20,22)/p+1. The number of anilines is 1. The van der Waals surface area contributed by atoms with E-state index in [1.807, 2.05) is 38.2 Å². The molecule has 0 fully saturated rings. The smallest absolute Gasteiger partial charge is 0.279 e. The van der Waals surface area contributed by atoms with Gasteiger partial charge in [0.25, 0.3) is 5.91 Å². The molecule has 0 heterocycles. The summed E-state index contributed by atoms with van der Waals surface area (Å²) in [6.45, 7) is 3.75. The Hall–Kier alpha value is -2.04. The van der Waals surface area contributed by atoms with E-state index in [1.54, 1.807) is 24.3 Å². The molecule has 5 heteroatoms. The van der Waals surface area contributed by atoms with Crippen molar-refractivity contribution < 1.29 is 14.4 Å². The third kappa shape index (κ3) is 6.30. The van der Waals surface area contributed by atoms with Crippen LogP contribution < -0.4 is 15.0 Å². The molecule has 0 aliphatic carbocycles. The molecule has 0 aromatic heterocycles. The number of likely N-dealkylation sites (N-methyl/N-ethyl adjacent to an activating group) is 1. The van der Waals surface area contributed by atoms with Crippen LogP contribution in [0.1, 0.15) is 5.56 Å². The Morgan fingerprint density at radius 3 is 2.65 bits per heavy atom. The monoisotopic (exact) mass is 333 g/mol. The van der Waals surface area contributed by atoms with Crippen molar-refractivity contribution in [1.29, 1.82) is 0 Å². The van der Waals surface area contributed by atoms with Gasteiger partial charge < -0.3 is 15.0 Å². The Balaban J connectivity index is 1.70. The van der Waals surface area contributed by atoms with Gasteiger partial charge >= 0.3 is 0 Å². The Labute approximate surface area is 142 Å². The van der Waals surface area contributed by atoms with Crippen molar-refractivity contribution in [2.24, 2.45) is 0 Å². The first-order valence-electron chi connectivity index (χ1n) is 7.59. The van der Waals surface area contributed by atoms with Crippen molar-refractivity contribution in [3.8, 4) is 5.75 Å². The molecule has 0 saturated carbocycles. The Bertz CT molecular complexity index is 644. The predicted molar refractivity (Wildman–Crippen MR) is 93.4 cm³/mol. The molecule has 2 rings (SSSR count). The van der Waals surface area contributed by atoms with Crippen LogP contribution in [0, 0.1) is 6.92 Å². The molecule has 0 saturated heterocycles. The molecule has 0 spiro atoms. The number of carbonyl (C=O) groups is 1. The van der Waals surface area contributed by atoms with Crippen molar-refractivity contribution in [3.05, 3.63) is 59.1 Å². The van der Waals surface area contributed by atoms with E-state index in [0.29, 0.717) is 18.2 Å². The SMILES string of the molecule is Cc1cccc(OCC[NH+](C)CC(=O)Nc2ccc(Cl)cc2)c1. The molecule has 2 N–H and O–H groups in total. The normalized spacial score (nSPS) is 11.8. The number of halogens is 1. The number of hydrogen-bond donors (Lipinski definition) is 2. The van der Waals surface area contributed by atoms with Gasteiger partial charge in [-0.25, -0.2) is 0 Å². The van der Waals surface area contributed by atoms with E-state index < -0.39 is 0 Å². The van der Waals surface area contributed by atoms with Gasteiger partial charge in [-0.05, 0) is 48.9 Å². The van der Waals surface area contributed by atoms with Crippen LogP contribution in [0.4, 0.5) is 5.69 Å². The molecule has 1 atom stereocenters. The van der Waals surface area contributed by atoms with Crippen LogP contribution >= 0.6 is 11.6 Å². The summed E-state index contributed by atoms with van der Waals surface area (Å²) in [5.41, 5.74) is 1.92. The fourth-order valence-electron chi connectivity index (χ4n) is 2.15. The van der Waals surface area contributed by atoms with Crippen LogP contribution in [0.3, 0.4) is 0 Å². The van der Waals surface area contributed by atoms with Gasteiger partial charge in [-0.2, -0.15) is 0 Å². The molecule has 0 aliphatic rings. The molecule has 2 aromatic rings. The first-order valence-corrected chi connectivity index (χ1v) is 7.97. The molecule has 23 heavy (non-hydrogen) atoms. The van der Waals surface area contributed by atoms with Gasteiger partial charge in [0.05, 0.1) is 7.05 Å². The highest BCUT2D eigenvalue weighted by molar-refractivity contribution is 6.30. The lowest BCUT2D eigenvalue weighted by molar-refractivity contribution is -0.871. The minimum Gasteiger partial charge on any atom is -0.488 e. The van der Waals surface area contributed by atoms with E-state index in [4.69, 9.17) is 16.3 Å². The summed E-state index contributed by atoms with van der Waals surface area (Å²) in [6.07, 6.45) is 0. The number of hydrogen-bond acceptors (Lipinski definition) is 2. The average Bonchev–Trinajstić information content (AvgIpc) is 2.49. The zero-order chi connectivity index (χ0) is 16.7. The highest BCUT2D eigenvalue weighted by Crippen LogP contribution is 2.13. The maximum absolute atomic E-state index is 12.0. The summed E-state index contributed by atoms with van der Waals surface area (Å²) >= 11 is 5.82. The van der Waals surface area contributed by atoms with Crippen LogP contribution in [0.15, 0.2) is 48.5 Å². The van der Waals surface area contributed by atoms with E-state index in [2.05, 4.69) is 5.32 Å². The molecule has 4 nitrogen and oxygen atoms in total. The Morgan fingerprint density at radius 2 is 1.96 bits per heavy atom. The van der Waals surface area contributed by atoms with E-state index in [-0.39, 0.29) is 5.91 Å². The fraction of sp³-hybridized carbons (Fsp3) is 0.278. The second kappa shape index (κ2) is 8.56. The van der Waals surface area contributed by atoms with Gasteiger partial charge in [-0.3, -0.25) is 4.79 Å². The van der Waals surface area contributed by atoms with Gasteiger partial charge in [0.15, 0.2) is 6.54 Å². The van der Waals surface area contributed by atoms with E-state index in [0.717, 1.165) is 22.9 Å². The second-order valence-electron chi connectivity index (χ2n) is 5.60. The molecule has 1 unspecified atom stereocenters.